The molecule has 1 aromatic carbocycles. The predicted molar refractivity (Wildman–Crippen MR) is 72.0 cm³/mol. The van der Waals surface area contributed by atoms with Crippen molar-refractivity contribution in [3.8, 4) is 5.75 Å². The van der Waals surface area contributed by atoms with Gasteiger partial charge in [0.15, 0.2) is 5.82 Å². The number of hydrogen-bond acceptors (Lipinski definition) is 3. The summed E-state index contributed by atoms with van der Waals surface area (Å²) in [6.07, 6.45) is 1.32. The molecule has 1 rings (SSSR count). The van der Waals surface area contributed by atoms with Gasteiger partial charge in [-0.25, -0.2) is 9.18 Å². The van der Waals surface area contributed by atoms with Gasteiger partial charge in [0, 0.05) is 6.07 Å². The first kappa shape index (κ1) is 14.6. The number of nitrogens with zero attached hydrogens (tertiary/aromatic N) is 1. The summed E-state index contributed by atoms with van der Waals surface area (Å²) in [6.45, 7) is 10.5. The summed E-state index contributed by atoms with van der Waals surface area (Å²) >= 11 is 0. The van der Waals surface area contributed by atoms with Crippen LogP contribution >= 0.6 is 0 Å². The van der Waals surface area contributed by atoms with Crippen molar-refractivity contribution in [2.45, 2.75) is 38.9 Å². The van der Waals surface area contributed by atoms with Crippen molar-refractivity contribution in [3.05, 3.63) is 24.0 Å². The maximum atomic E-state index is 13.6. The summed E-state index contributed by atoms with van der Waals surface area (Å²) < 4.78 is 19.5. The molecule has 0 unspecified atom stereocenters. The van der Waals surface area contributed by atoms with Crippen molar-refractivity contribution in [2.24, 2.45) is 4.99 Å². The quantitative estimate of drug-likeness (QED) is 0.468. The zero-order chi connectivity index (χ0) is 14.0. The van der Waals surface area contributed by atoms with Crippen LogP contribution in [0.15, 0.2) is 23.2 Å². The van der Waals surface area contributed by atoms with Crippen molar-refractivity contribution in [1.82, 2.24) is 0 Å². The highest BCUT2D eigenvalue weighted by atomic mass is 28.4. The molecular formula is C13H18FNO2Si. The Morgan fingerprint density at radius 3 is 2.39 bits per heavy atom. The molecule has 1 aromatic rings. The molecule has 5 heteroatoms. The Morgan fingerprint density at radius 1 is 1.33 bits per heavy atom. The van der Waals surface area contributed by atoms with Gasteiger partial charge in [-0.2, -0.15) is 4.99 Å². The highest BCUT2D eigenvalue weighted by molar-refractivity contribution is 6.74. The van der Waals surface area contributed by atoms with Crippen LogP contribution in [0.1, 0.15) is 20.8 Å². The van der Waals surface area contributed by atoms with Gasteiger partial charge in [-0.05, 0) is 30.3 Å². The standard InChI is InChI=1S/C13H18FNO2Si/c1-13(2,3)18(4,5)17-10-6-7-12(15-9-16)11(14)8-10/h6-8H,1-5H3. The van der Waals surface area contributed by atoms with E-state index in [2.05, 4.69) is 38.9 Å². The lowest BCUT2D eigenvalue weighted by molar-refractivity contribution is 0.487. The molecule has 0 bridgehead atoms. The van der Waals surface area contributed by atoms with E-state index in [9.17, 15) is 9.18 Å². The molecule has 3 nitrogen and oxygen atoms in total. The van der Waals surface area contributed by atoms with Crippen LogP contribution in [0.4, 0.5) is 10.1 Å². The van der Waals surface area contributed by atoms with E-state index in [0.29, 0.717) is 5.75 Å². The van der Waals surface area contributed by atoms with Crippen molar-refractivity contribution >= 4 is 20.1 Å². The molecule has 0 saturated heterocycles. The molecule has 0 N–H and O–H groups in total. The number of hydrogen-bond donors (Lipinski definition) is 0. The molecule has 98 valence electrons. The summed E-state index contributed by atoms with van der Waals surface area (Å²) in [7, 11) is -1.98. The molecule has 18 heavy (non-hydrogen) atoms. The minimum Gasteiger partial charge on any atom is -0.543 e. The van der Waals surface area contributed by atoms with E-state index in [1.54, 1.807) is 6.07 Å². The molecule has 0 saturated carbocycles. The lowest BCUT2D eigenvalue weighted by Gasteiger charge is -2.36. The van der Waals surface area contributed by atoms with Crippen LogP contribution < -0.4 is 4.43 Å². The summed E-state index contributed by atoms with van der Waals surface area (Å²) in [4.78, 5) is 13.4. The van der Waals surface area contributed by atoms with Gasteiger partial charge in [0.2, 0.25) is 14.4 Å². The SMILES string of the molecule is CC(C)(C)[Si](C)(C)Oc1ccc(N=C=O)c(F)c1. The van der Waals surface area contributed by atoms with Crippen LogP contribution in [0, 0.1) is 5.82 Å². The molecule has 0 atom stereocenters. The van der Waals surface area contributed by atoms with E-state index in [1.165, 1.54) is 18.2 Å². The van der Waals surface area contributed by atoms with E-state index in [0.717, 1.165) is 0 Å². The Morgan fingerprint density at radius 2 is 1.94 bits per heavy atom. The number of halogens is 1. The summed E-state index contributed by atoms with van der Waals surface area (Å²) in [5.74, 6) is -0.0986. The van der Waals surface area contributed by atoms with Gasteiger partial charge >= 0.3 is 0 Å². The topological polar surface area (TPSA) is 38.7 Å². The van der Waals surface area contributed by atoms with Gasteiger partial charge in [-0.3, -0.25) is 0 Å². The van der Waals surface area contributed by atoms with E-state index < -0.39 is 14.1 Å². The van der Waals surface area contributed by atoms with Crippen molar-refractivity contribution < 1.29 is 13.6 Å². The Bertz CT molecular complexity index is 488. The first-order valence-electron chi connectivity index (χ1n) is 5.74. The van der Waals surface area contributed by atoms with Gasteiger partial charge in [0.1, 0.15) is 11.4 Å². The Kier molecular flexibility index (Phi) is 4.09. The highest BCUT2D eigenvalue weighted by Crippen LogP contribution is 2.37. The van der Waals surface area contributed by atoms with E-state index in [4.69, 9.17) is 4.43 Å². The number of aliphatic imine (C=N–C) groups is 1. The van der Waals surface area contributed by atoms with Crippen LogP contribution in [0.3, 0.4) is 0 Å². The van der Waals surface area contributed by atoms with Gasteiger partial charge in [0.05, 0.1) is 0 Å². The molecule has 0 radical (unpaired) electrons. The number of isocyanates is 1. The van der Waals surface area contributed by atoms with Crippen LogP contribution in [0.5, 0.6) is 5.75 Å². The normalized spacial score (nSPS) is 11.9. The Hall–Kier alpha value is -1.45. The van der Waals surface area contributed by atoms with Crippen LogP contribution in [-0.4, -0.2) is 14.4 Å². The minimum absolute atomic E-state index is 0.0208. The summed E-state index contributed by atoms with van der Waals surface area (Å²) in [5.41, 5.74) is -0.0208. The second-order valence-corrected chi connectivity index (χ2v) is 10.4. The second-order valence-electron chi connectivity index (χ2n) is 5.68. The molecule has 0 aliphatic carbocycles. The molecule has 0 spiro atoms. The summed E-state index contributed by atoms with van der Waals surface area (Å²) in [5, 5.41) is 0.0447. The fourth-order valence-corrected chi connectivity index (χ4v) is 2.16. The van der Waals surface area contributed by atoms with Gasteiger partial charge in [-0.15, -0.1) is 0 Å². The zero-order valence-electron chi connectivity index (χ0n) is 11.4. The third kappa shape index (κ3) is 3.28. The lowest BCUT2D eigenvalue weighted by atomic mass is 10.2. The lowest BCUT2D eigenvalue weighted by Crippen LogP contribution is -2.43. The zero-order valence-corrected chi connectivity index (χ0v) is 12.4. The second kappa shape index (κ2) is 5.04. The largest absolute Gasteiger partial charge is 0.543 e. The highest BCUT2D eigenvalue weighted by Gasteiger charge is 2.39. The maximum absolute atomic E-state index is 13.6. The summed E-state index contributed by atoms with van der Waals surface area (Å²) in [6, 6.07) is 4.30. The molecule has 0 amide bonds. The average molecular weight is 267 g/mol. The fourth-order valence-electron chi connectivity index (χ4n) is 1.14. The minimum atomic E-state index is -1.98. The van der Waals surface area contributed by atoms with Crippen molar-refractivity contribution in [3.63, 3.8) is 0 Å². The van der Waals surface area contributed by atoms with Gasteiger partial charge in [0.25, 0.3) is 0 Å². The number of rotatable bonds is 3. The van der Waals surface area contributed by atoms with Crippen LogP contribution in [0.2, 0.25) is 18.1 Å². The van der Waals surface area contributed by atoms with Crippen LogP contribution in [-0.2, 0) is 4.79 Å². The molecular weight excluding hydrogens is 249 g/mol. The molecule has 0 heterocycles. The molecule has 0 aromatic heterocycles. The molecule has 0 aliphatic heterocycles. The van der Waals surface area contributed by atoms with Gasteiger partial charge in [-0.1, -0.05) is 20.8 Å². The Labute approximate surface area is 108 Å². The predicted octanol–water partition coefficient (Wildman–Crippen LogP) is 4.18. The Balaban J connectivity index is 3.00. The monoisotopic (exact) mass is 267 g/mol. The maximum Gasteiger partial charge on any atom is 0.250 e. The van der Waals surface area contributed by atoms with E-state index >= 15 is 0 Å². The third-order valence-electron chi connectivity index (χ3n) is 3.26. The van der Waals surface area contributed by atoms with Gasteiger partial charge < -0.3 is 4.43 Å². The average Bonchev–Trinajstić information content (AvgIpc) is 2.20. The first-order valence-corrected chi connectivity index (χ1v) is 8.64. The smallest absolute Gasteiger partial charge is 0.250 e. The number of carbonyl (C=O) groups excluding carboxylic acids is 1. The van der Waals surface area contributed by atoms with Crippen LogP contribution in [0.25, 0.3) is 0 Å². The van der Waals surface area contributed by atoms with E-state index in [-0.39, 0.29) is 10.7 Å². The fraction of sp³-hybridized carbons (Fsp3) is 0.462. The van der Waals surface area contributed by atoms with Crippen molar-refractivity contribution in [2.75, 3.05) is 0 Å². The first-order chi connectivity index (χ1) is 8.17. The molecule has 0 aliphatic rings. The number of benzene rings is 1. The third-order valence-corrected chi connectivity index (χ3v) is 7.62. The molecule has 0 fully saturated rings. The van der Waals surface area contributed by atoms with E-state index in [1.807, 2.05) is 0 Å². The van der Waals surface area contributed by atoms with Crippen molar-refractivity contribution in [1.29, 1.82) is 0 Å².